The minimum absolute atomic E-state index is 0.173. The molecule has 1 amide bonds. The van der Waals surface area contributed by atoms with Crippen molar-refractivity contribution in [3.05, 3.63) is 16.8 Å². The Morgan fingerprint density at radius 2 is 1.67 bits per heavy atom. The van der Waals surface area contributed by atoms with Gasteiger partial charge >= 0.3 is 0 Å². The van der Waals surface area contributed by atoms with Gasteiger partial charge < -0.3 is 14.7 Å². The van der Waals surface area contributed by atoms with Crippen LogP contribution in [0, 0.1) is 19.8 Å². The first-order valence-electron chi connectivity index (χ1n) is 11.6. The van der Waals surface area contributed by atoms with Crippen LogP contribution >= 0.6 is 11.3 Å². The highest BCUT2D eigenvalue weighted by Crippen LogP contribution is 2.36. The van der Waals surface area contributed by atoms with E-state index in [1.54, 1.807) is 17.7 Å². The summed E-state index contributed by atoms with van der Waals surface area (Å²) in [5.41, 5.74) is 1.30. The lowest BCUT2D eigenvalue weighted by atomic mass is 9.93. The number of likely N-dealkylation sites (tertiary alicyclic amines) is 2. The van der Waals surface area contributed by atoms with Gasteiger partial charge in [-0.25, -0.2) is 9.97 Å². The quantitative estimate of drug-likeness (QED) is 0.749. The minimum Gasteiger partial charge on any atom is -0.356 e. The van der Waals surface area contributed by atoms with Gasteiger partial charge in [0.15, 0.2) is 0 Å². The monoisotopic (exact) mass is 427 g/mol. The Bertz CT molecular complexity index is 906. The van der Waals surface area contributed by atoms with E-state index in [2.05, 4.69) is 38.5 Å². The van der Waals surface area contributed by atoms with Crippen molar-refractivity contribution in [3.63, 3.8) is 0 Å². The molecule has 0 saturated carbocycles. The zero-order valence-corrected chi connectivity index (χ0v) is 19.1. The summed E-state index contributed by atoms with van der Waals surface area (Å²) in [7, 11) is 0. The van der Waals surface area contributed by atoms with Crippen molar-refractivity contribution in [3.8, 4) is 0 Å². The maximum atomic E-state index is 13.2. The van der Waals surface area contributed by atoms with E-state index in [1.165, 1.54) is 41.8 Å². The van der Waals surface area contributed by atoms with Crippen molar-refractivity contribution >= 4 is 33.3 Å². The molecule has 0 spiro atoms. The van der Waals surface area contributed by atoms with Gasteiger partial charge in [0.2, 0.25) is 5.91 Å². The van der Waals surface area contributed by atoms with Crippen LogP contribution in [-0.2, 0) is 4.79 Å². The number of fused-ring (bicyclic) bond motifs is 1. The average molecular weight is 428 g/mol. The summed E-state index contributed by atoms with van der Waals surface area (Å²) in [4.78, 5) is 31.8. The van der Waals surface area contributed by atoms with Crippen molar-refractivity contribution in [2.45, 2.75) is 58.4 Å². The van der Waals surface area contributed by atoms with Gasteiger partial charge in [-0.2, -0.15) is 0 Å². The molecule has 5 rings (SSSR count). The van der Waals surface area contributed by atoms with Crippen LogP contribution in [0.2, 0.25) is 0 Å². The van der Waals surface area contributed by atoms with E-state index in [-0.39, 0.29) is 5.92 Å². The normalized spacial score (nSPS) is 22.3. The molecule has 0 N–H and O–H groups in total. The van der Waals surface area contributed by atoms with Gasteiger partial charge in [-0.05, 0) is 71.0 Å². The third-order valence-corrected chi connectivity index (χ3v) is 8.64. The van der Waals surface area contributed by atoms with Crippen LogP contribution in [0.25, 0.3) is 10.2 Å². The first-order valence-corrected chi connectivity index (χ1v) is 12.4. The number of piperidine rings is 2. The van der Waals surface area contributed by atoms with Crippen molar-refractivity contribution in [2.24, 2.45) is 5.92 Å². The highest BCUT2D eigenvalue weighted by molar-refractivity contribution is 7.18. The van der Waals surface area contributed by atoms with Gasteiger partial charge in [0.25, 0.3) is 0 Å². The molecular weight excluding hydrogens is 394 g/mol. The lowest BCUT2D eigenvalue weighted by Gasteiger charge is -2.39. The van der Waals surface area contributed by atoms with E-state index in [0.717, 1.165) is 62.5 Å². The van der Waals surface area contributed by atoms with Gasteiger partial charge in [0.05, 0.1) is 5.39 Å². The Hall–Kier alpha value is -1.73. The summed E-state index contributed by atoms with van der Waals surface area (Å²) in [5, 5.41) is 1.20. The van der Waals surface area contributed by atoms with E-state index in [0.29, 0.717) is 11.9 Å². The number of hydrogen-bond acceptors (Lipinski definition) is 6. The second-order valence-corrected chi connectivity index (χ2v) is 10.4. The summed E-state index contributed by atoms with van der Waals surface area (Å²) in [6.45, 7) is 10.5. The summed E-state index contributed by atoms with van der Waals surface area (Å²) < 4.78 is 0. The molecular formula is C23H33N5OS. The van der Waals surface area contributed by atoms with Gasteiger partial charge in [0.1, 0.15) is 17.0 Å². The average Bonchev–Trinajstić information content (AvgIpc) is 3.42. The third kappa shape index (κ3) is 3.71. The van der Waals surface area contributed by atoms with Crippen LogP contribution in [-0.4, -0.2) is 71.0 Å². The first-order chi connectivity index (χ1) is 14.6. The third-order valence-electron chi connectivity index (χ3n) is 7.52. The number of nitrogens with zero attached hydrogens (tertiary/aromatic N) is 5. The van der Waals surface area contributed by atoms with Crippen molar-refractivity contribution in [2.75, 3.05) is 44.2 Å². The van der Waals surface area contributed by atoms with Crippen LogP contribution in [0.3, 0.4) is 0 Å². The number of aryl methyl sites for hydroxylation is 2. The molecule has 3 saturated heterocycles. The Balaban J connectivity index is 1.19. The number of amides is 1. The van der Waals surface area contributed by atoms with E-state index in [1.807, 2.05) is 0 Å². The Morgan fingerprint density at radius 3 is 2.37 bits per heavy atom. The topological polar surface area (TPSA) is 52.6 Å². The highest BCUT2D eigenvalue weighted by Gasteiger charge is 2.33. The SMILES string of the molecule is Cc1sc2ncnc(N3CCC(C(=O)N4CCC(N5CCCC5)CC4)CC3)c2c1C. The van der Waals surface area contributed by atoms with Crippen LogP contribution < -0.4 is 4.90 Å². The fourth-order valence-electron chi connectivity index (χ4n) is 5.56. The molecule has 2 aromatic rings. The lowest BCUT2D eigenvalue weighted by molar-refractivity contribution is -0.137. The van der Waals surface area contributed by atoms with Crippen molar-refractivity contribution in [1.82, 2.24) is 19.8 Å². The molecule has 2 aromatic heterocycles. The summed E-state index contributed by atoms with van der Waals surface area (Å²) >= 11 is 1.75. The molecule has 0 radical (unpaired) electrons. The standard InChI is InChI=1S/C23H33N5OS/c1-16-17(2)30-22-20(16)21(24-15-25-22)27-11-5-18(6-12-27)23(29)28-13-7-19(8-14-28)26-9-3-4-10-26/h15,18-19H,3-14H2,1-2H3. The Labute approximate surface area is 183 Å². The number of carbonyl (C=O) groups is 1. The smallest absolute Gasteiger partial charge is 0.225 e. The van der Waals surface area contributed by atoms with Gasteiger partial charge in [-0.3, -0.25) is 4.79 Å². The van der Waals surface area contributed by atoms with Crippen LogP contribution in [0.15, 0.2) is 6.33 Å². The molecule has 3 fully saturated rings. The number of carbonyl (C=O) groups excluding carboxylic acids is 1. The number of anilines is 1. The minimum atomic E-state index is 0.173. The highest BCUT2D eigenvalue weighted by atomic mass is 32.1. The molecule has 0 aromatic carbocycles. The van der Waals surface area contributed by atoms with Crippen LogP contribution in [0.4, 0.5) is 5.82 Å². The summed E-state index contributed by atoms with van der Waals surface area (Å²) in [6, 6.07) is 0.705. The van der Waals surface area contributed by atoms with Gasteiger partial charge in [-0.1, -0.05) is 0 Å². The van der Waals surface area contributed by atoms with Crippen LogP contribution in [0.5, 0.6) is 0 Å². The largest absolute Gasteiger partial charge is 0.356 e. The summed E-state index contributed by atoms with van der Waals surface area (Å²) in [5.74, 6) is 1.62. The van der Waals surface area contributed by atoms with Gasteiger partial charge in [0, 0.05) is 43.0 Å². The summed E-state index contributed by atoms with van der Waals surface area (Å²) in [6.07, 6.45) is 8.55. The van der Waals surface area contributed by atoms with Crippen molar-refractivity contribution in [1.29, 1.82) is 0 Å². The molecule has 0 atom stereocenters. The van der Waals surface area contributed by atoms with E-state index in [4.69, 9.17) is 0 Å². The van der Waals surface area contributed by atoms with E-state index in [9.17, 15) is 4.79 Å². The van der Waals surface area contributed by atoms with Crippen LogP contribution in [0.1, 0.15) is 49.0 Å². The number of hydrogen-bond donors (Lipinski definition) is 0. The second kappa shape index (κ2) is 8.42. The Morgan fingerprint density at radius 1 is 0.967 bits per heavy atom. The number of thiophene rings is 1. The fourth-order valence-corrected chi connectivity index (χ4v) is 6.55. The molecule has 162 valence electrons. The predicted molar refractivity (Wildman–Crippen MR) is 122 cm³/mol. The second-order valence-electron chi connectivity index (χ2n) is 9.22. The predicted octanol–water partition coefficient (Wildman–Crippen LogP) is 3.61. The fraction of sp³-hybridized carbons (Fsp3) is 0.696. The maximum Gasteiger partial charge on any atom is 0.225 e. The molecule has 0 aliphatic carbocycles. The molecule has 7 heteroatoms. The molecule has 6 nitrogen and oxygen atoms in total. The Kier molecular flexibility index (Phi) is 5.67. The molecule has 0 unspecified atom stereocenters. The zero-order valence-electron chi connectivity index (χ0n) is 18.3. The van der Waals surface area contributed by atoms with E-state index >= 15 is 0 Å². The maximum absolute atomic E-state index is 13.2. The molecule has 5 heterocycles. The molecule has 30 heavy (non-hydrogen) atoms. The zero-order chi connectivity index (χ0) is 20.7. The van der Waals surface area contributed by atoms with Gasteiger partial charge in [-0.15, -0.1) is 11.3 Å². The molecule has 3 aliphatic heterocycles. The molecule has 0 bridgehead atoms. The van der Waals surface area contributed by atoms with Crippen molar-refractivity contribution < 1.29 is 4.79 Å². The van der Waals surface area contributed by atoms with E-state index < -0.39 is 0 Å². The lowest BCUT2D eigenvalue weighted by Crippen LogP contribution is -2.49. The number of rotatable bonds is 3. The number of aromatic nitrogens is 2. The molecule has 3 aliphatic rings. The first kappa shape index (κ1) is 20.2.